The van der Waals surface area contributed by atoms with Gasteiger partial charge in [-0.05, 0) is 37.1 Å². The summed E-state index contributed by atoms with van der Waals surface area (Å²) >= 11 is 3.34. The number of nitrogens with one attached hydrogen (secondary N) is 2. The van der Waals surface area contributed by atoms with E-state index >= 15 is 0 Å². The van der Waals surface area contributed by atoms with E-state index in [0.29, 0.717) is 12.1 Å². The van der Waals surface area contributed by atoms with Crippen molar-refractivity contribution in [3.05, 3.63) is 33.8 Å². The van der Waals surface area contributed by atoms with E-state index in [1.165, 1.54) is 0 Å². The minimum absolute atomic E-state index is 0.00436. The molecule has 4 nitrogen and oxygen atoms in total. The summed E-state index contributed by atoms with van der Waals surface area (Å²) in [5.41, 5.74) is 1.54. The van der Waals surface area contributed by atoms with Crippen molar-refractivity contribution in [3.63, 3.8) is 0 Å². The molecule has 0 aromatic heterocycles. The van der Waals surface area contributed by atoms with Crippen LogP contribution in [0.15, 0.2) is 22.7 Å². The van der Waals surface area contributed by atoms with Crippen molar-refractivity contribution >= 4 is 27.7 Å². The first-order chi connectivity index (χ1) is 8.52. The maximum Gasteiger partial charge on any atom is 0.251 e. The molecule has 0 heterocycles. The number of carbonyl (C=O) groups excluding carboxylic acids is 2. The fourth-order valence-electron chi connectivity index (χ4n) is 1.46. The molecule has 0 radical (unpaired) electrons. The van der Waals surface area contributed by atoms with Gasteiger partial charge < -0.3 is 10.6 Å². The van der Waals surface area contributed by atoms with Crippen LogP contribution in [0.1, 0.15) is 29.3 Å². The molecule has 0 aliphatic heterocycles. The highest BCUT2D eigenvalue weighted by Crippen LogP contribution is 2.15. The lowest BCUT2D eigenvalue weighted by Gasteiger charge is -2.07. The SMILES string of the molecule is CCCNC(=O)CNC(=O)c1cc(C)cc(Br)c1. The highest BCUT2D eigenvalue weighted by Gasteiger charge is 2.08. The van der Waals surface area contributed by atoms with Gasteiger partial charge in [-0.1, -0.05) is 22.9 Å². The van der Waals surface area contributed by atoms with Crippen LogP contribution in [0.25, 0.3) is 0 Å². The molecule has 1 aromatic rings. The number of hydrogen-bond acceptors (Lipinski definition) is 2. The third-order valence-electron chi connectivity index (χ3n) is 2.29. The zero-order chi connectivity index (χ0) is 13.5. The second-order valence-corrected chi connectivity index (χ2v) is 4.97. The molecule has 0 spiro atoms. The van der Waals surface area contributed by atoms with Crippen LogP contribution in [0.5, 0.6) is 0 Å². The molecule has 0 fully saturated rings. The Balaban J connectivity index is 2.52. The Hall–Kier alpha value is -1.36. The second-order valence-electron chi connectivity index (χ2n) is 4.05. The summed E-state index contributed by atoms with van der Waals surface area (Å²) in [7, 11) is 0. The number of aryl methyl sites for hydroxylation is 1. The van der Waals surface area contributed by atoms with E-state index < -0.39 is 0 Å². The number of halogens is 1. The lowest BCUT2D eigenvalue weighted by atomic mass is 10.1. The lowest BCUT2D eigenvalue weighted by molar-refractivity contribution is -0.120. The van der Waals surface area contributed by atoms with Crippen molar-refractivity contribution in [2.24, 2.45) is 0 Å². The van der Waals surface area contributed by atoms with Crippen molar-refractivity contribution in [2.45, 2.75) is 20.3 Å². The second kappa shape index (κ2) is 7.16. The van der Waals surface area contributed by atoms with Crippen molar-refractivity contribution in [3.8, 4) is 0 Å². The lowest BCUT2D eigenvalue weighted by Crippen LogP contribution is -2.37. The van der Waals surface area contributed by atoms with Gasteiger partial charge in [-0.3, -0.25) is 9.59 Å². The van der Waals surface area contributed by atoms with E-state index in [0.717, 1.165) is 16.5 Å². The van der Waals surface area contributed by atoms with E-state index in [9.17, 15) is 9.59 Å². The number of benzene rings is 1. The number of carbonyl (C=O) groups is 2. The molecule has 0 aliphatic rings. The third-order valence-corrected chi connectivity index (χ3v) is 2.74. The largest absolute Gasteiger partial charge is 0.355 e. The van der Waals surface area contributed by atoms with Gasteiger partial charge in [-0.25, -0.2) is 0 Å². The molecule has 18 heavy (non-hydrogen) atoms. The predicted molar refractivity (Wildman–Crippen MR) is 74.5 cm³/mol. The maximum absolute atomic E-state index is 11.8. The minimum Gasteiger partial charge on any atom is -0.355 e. The van der Waals surface area contributed by atoms with Crippen molar-refractivity contribution in [2.75, 3.05) is 13.1 Å². The first-order valence-corrected chi connectivity index (χ1v) is 6.64. The maximum atomic E-state index is 11.8. The van der Waals surface area contributed by atoms with Gasteiger partial charge >= 0.3 is 0 Å². The molecule has 2 N–H and O–H groups in total. The van der Waals surface area contributed by atoms with Gasteiger partial charge in [-0.15, -0.1) is 0 Å². The summed E-state index contributed by atoms with van der Waals surface area (Å²) in [6.45, 7) is 4.52. The van der Waals surface area contributed by atoms with Gasteiger partial charge in [0.2, 0.25) is 5.91 Å². The Bertz CT molecular complexity index is 426. The molecule has 0 bridgehead atoms. The summed E-state index contributed by atoms with van der Waals surface area (Å²) in [6, 6.07) is 5.43. The molecule has 0 saturated carbocycles. The smallest absolute Gasteiger partial charge is 0.251 e. The van der Waals surface area contributed by atoms with Crippen LogP contribution < -0.4 is 10.6 Å². The summed E-state index contributed by atoms with van der Waals surface area (Å²) in [5, 5.41) is 5.29. The van der Waals surface area contributed by atoms with Gasteiger partial charge in [-0.2, -0.15) is 0 Å². The average Bonchev–Trinajstić information content (AvgIpc) is 2.32. The van der Waals surface area contributed by atoms with Crippen molar-refractivity contribution in [1.29, 1.82) is 0 Å². The zero-order valence-corrected chi connectivity index (χ0v) is 12.1. The molecule has 0 aliphatic carbocycles. The molecule has 0 saturated heterocycles. The Labute approximate surface area is 115 Å². The summed E-state index contributed by atoms with van der Waals surface area (Å²) in [6.07, 6.45) is 0.879. The van der Waals surface area contributed by atoms with Crippen molar-refractivity contribution in [1.82, 2.24) is 10.6 Å². The minimum atomic E-state index is -0.244. The van der Waals surface area contributed by atoms with Gasteiger partial charge in [0.25, 0.3) is 5.91 Å². The number of amides is 2. The van der Waals surface area contributed by atoms with Gasteiger partial charge in [0.05, 0.1) is 6.54 Å². The molecule has 5 heteroatoms. The first-order valence-electron chi connectivity index (χ1n) is 5.85. The molecule has 2 amide bonds. The highest BCUT2D eigenvalue weighted by molar-refractivity contribution is 9.10. The van der Waals surface area contributed by atoms with E-state index in [2.05, 4.69) is 26.6 Å². The standard InChI is InChI=1S/C13H17BrN2O2/c1-3-4-15-12(17)8-16-13(18)10-5-9(2)6-11(14)7-10/h5-7H,3-4,8H2,1-2H3,(H,15,17)(H,16,18). The van der Waals surface area contributed by atoms with Crippen LogP contribution in [0.2, 0.25) is 0 Å². The molecule has 0 unspecified atom stereocenters. The molecular formula is C13H17BrN2O2. The fourth-order valence-corrected chi connectivity index (χ4v) is 2.06. The van der Waals surface area contributed by atoms with E-state index in [1.54, 1.807) is 12.1 Å². The third kappa shape index (κ3) is 4.87. The number of hydrogen-bond donors (Lipinski definition) is 2. The predicted octanol–water partition coefficient (Wildman–Crippen LogP) is 2.01. The Morgan fingerprint density at radius 1 is 1.22 bits per heavy atom. The molecular weight excluding hydrogens is 296 g/mol. The highest BCUT2D eigenvalue weighted by atomic mass is 79.9. The van der Waals surface area contributed by atoms with Crippen molar-refractivity contribution < 1.29 is 9.59 Å². The first kappa shape index (κ1) is 14.7. The van der Waals surface area contributed by atoms with Crippen LogP contribution in [0, 0.1) is 6.92 Å². The van der Waals surface area contributed by atoms with Gasteiger partial charge in [0.1, 0.15) is 0 Å². The average molecular weight is 313 g/mol. The summed E-state index contributed by atoms with van der Waals surface area (Å²) in [5.74, 6) is -0.414. The Morgan fingerprint density at radius 2 is 1.94 bits per heavy atom. The van der Waals surface area contributed by atoms with Gasteiger partial charge in [0, 0.05) is 16.6 Å². The fraction of sp³-hybridized carbons (Fsp3) is 0.385. The molecule has 0 atom stereocenters. The quantitative estimate of drug-likeness (QED) is 0.874. The van der Waals surface area contributed by atoms with Gasteiger partial charge in [0.15, 0.2) is 0 Å². The van der Waals surface area contributed by atoms with Crippen LogP contribution in [0.3, 0.4) is 0 Å². The van der Waals surface area contributed by atoms with Crippen LogP contribution >= 0.6 is 15.9 Å². The number of rotatable bonds is 5. The van der Waals surface area contributed by atoms with Crippen LogP contribution in [-0.2, 0) is 4.79 Å². The summed E-state index contributed by atoms with van der Waals surface area (Å²) < 4.78 is 0.850. The normalized spacial score (nSPS) is 9.94. The van der Waals surface area contributed by atoms with E-state index in [-0.39, 0.29) is 18.4 Å². The van der Waals surface area contributed by atoms with Crippen LogP contribution in [-0.4, -0.2) is 24.9 Å². The van der Waals surface area contributed by atoms with E-state index in [1.807, 2.05) is 19.9 Å². The Kier molecular flexibility index (Phi) is 5.85. The molecule has 1 aromatic carbocycles. The monoisotopic (exact) mass is 312 g/mol. The molecule has 1 rings (SSSR count). The zero-order valence-electron chi connectivity index (χ0n) is 10.5. The van der Waals surface area contributed by atoms with E-state index in [4.69, 9.17) is 0 Å². The summed E-state index contributed by atoms with van der Waals surface area (Å²) in [4.78, 5) is 23.2. The van der Waals surface area contributed by atoms with Crippen LogP contribution in [0.4, 0.5) is 0 Å². The topological polar surface area (TPSA) is 58.2 Å². The Morgan fingerprint density at radius 3 is 2.56 bits per heavy atom. The molecule has 98 valence electrons.